The van der Waals surface area contributed by atoms with E-state index in [0.29, 0.717) is 21.8 Å². The third-order valence-corrected chi connectivity index (χ3v) is 9.92. The Morgan fingerprint density at radius 1 is 0.634 bits per heavy atom. The van der Waals surface area contributed by atoms with Crippen LogP contribution in [-0.4, -0.2) is 64.9 Å². The fourth-order valence-corrected chi connectivity index (χ4v) is 7.46. The van der Waals surface area contributed by atoms with E-state index in [4.69, 9.17) is 0 Å². The van der Waals surface area contributed by atoms with Crippen LogP contribution in [0, 0.1) is 0 Å². The number of nitrogens with zero attached hydrogens (tertiary/aromatic N) is 4. The van der Waals surface area contributed by atoms with Gasteiger partial charge in [-0.1, -0.05) is 36.4 Å². The average molecular weight is 589 g/mol. The summed E-state index contributed by atoms with van der Waals surface area (Å²) in [5, 5.41) is 1.34. The quantitative estimate of drug-likeness (QED) is 0.291. The van der Waals surface area contributed by atoms with Gasteiger partial charge >= 0.3 is 0 Å². The van der Waals surface area contributed by atoms with Crippen LogP contribution >= 0.6 is 0 Å². The van der Waals surface area contributed by atoms with Crippen molar-refractivity contribution < 1.29 is 16.8 Å². The zero-order valence-corrected chi connectivity index (χ0v) is 23.9. The van der Waals surface area contributed by atoms with Gasteiger partial charge in [-0.2, -0.15) is 0 Å². The van der Waals surface area contributed by atoms with Gasteiger partial charge in [-0.25, -0.2) is 16.8 Å². The highest BCUT2D eigenvalue weighted by molar-refractivity contribution is 7.93. The number of aromatic nitrogens is 2. The van der Waals surface area contributed by atoms with Crippen molar-refractivity contribution in [2.45, 2.75) is 9.79 Å². The Kier molecular flexibility index (Phi) is 6.98. The first-order chi connectivity index (χ1) is 19.7. The van der Waals surface area contributed by atoms with Crippen molar-refractivity contribution in [2.75, 3.05) is 47.6 Å². The minimum absolute atomic E-state index is 0.00680. The largest absolute Gasteiger partial charge is 0.369 e. The number of nitrogens with one attached hydrogen (secondary N) is 2. The van der Waals surface area contributed by atoms with E-state index < -0.39 is 20.0 Å². The fraction of sp³-hybridized carbons (Fsp3) is 0.172. The van der Waals surface area contributed by atoms with Gasteiger partial charge in [0.05, 0.1) is 22.4 Å². The molecule has 1 saturated heterocycles. The molecule has 2 N–H and O–H groups in total. The number of hydrogen-bond donors (Lipinski definition) is 2. The number of benzene rings is 3. The maximum atomic E-state index is 13.8. The Labute approximate surface area is 238 Å². The summed E-state index contributed by atoms with van der Waals surface area (Å²) in [7, 11) is -6.25. The van der Waals surface area contributed by atoms with E-state index in [1.165, 1.54) is 24.5 Å². The van der Waals surface area contributed by atoms with Crippen LogP contribution in [-0.2, 0) is 20.0 Å². The van der Waals surface area contributed by atoms with E-state index in [1.54, 1.807) is 66.7 Å². The summed E-state index contributed by atoms with van der Waals surface area (Å²) >= 11 is 0. The molecule has 1 fully saturated rings. The van der Waals surface area contributed by atoms with Crippen molar-refractivity contribution in [1.29, 1.82) is 0 Å². The number of para-hydroxylation sites is 2. The van der Waals surface area contributed by atoms with Gasteiger partial charge in [0.1, 0.15) is 9.79 Å². The zero-order valence-electron chi connectivity index (χ0n) is 22.2. The van der Waals surface area contributed by atoms with E-state index >= 15 is 0 Å². The Balaban J connectivity index is 1.42. The lowest BCUT2D eigenvalue weighted by atomic mass is 10.2. The molecule has 0 radical (unpaired) electrons. The third kappa shape index (κ3) is 5.41. The van der Waals surface area contributed by atoms with Crippen LogP contribution in [0.15, 0.2) is 101 Å². The summed E-state index contributed by atoms with van der Waals surface area (Å²) in [5.74, 6) is 0. The molecule has 0 unspecified atom stereocenters. The maximum absolute atomic E-state index is 13.8. The Morgan fingerprint density at radius 3 is 1.71 bits per heavy atom. The summed E-state index contributed by atoms with van der Waals surface area (Å²) in [6.07, 6.45) is 3.07. The van der Waals surface area contributed by atoms with E-state index in [0.717, 1.165) is 31.9 Å². The Hall–Kier alpha value is -4.26. The van der Waals surface area contributed by atoms with E-state index in [1.807, 2.05) is 0 Å². The van der Waals surface area contributed by atoms with Crippen molar-refractivity contribution in [1.82, 2.24) is 14.9 Å². The molecule has 3 heterocycles. The average Bonchev–Trinajstić information content (AvgIpc) is 2.97. The summed E-state index contributed by atoms with van der Waals surface area (Å²) in [4.78, 5) is 12.9. The van der Waals surface area contributed by atoms with Gasteiger partial charge in [0.15, 0.2) is 0 Å². The van der Waals surface area contributed by atoms with Gasteiger partial charge in [-0.05, 0) is 49.5 Å². The Morgan fingerprint density at radius 2 is 1.15 bits per heavy atom. The van der Waals surface area contributed by atoms with Gasteiger partial charge in [-0.3, -0.25) is 19.4 Å². The van der Waals surface area contributed by atoms with Crippen LogP contribution in [0.4, 0.5) is 17.1 Å². The summed E-state index contributed by atoms with van der Waals surface area (Å²) in [6, 6.07) is 21.9. The zero-order chi connectivity index (χ0) is 28.6. The first kappa shape index (κ1) is 26.9. The standard InChI is InChI=1S/C29H28N6O4S2/c1-34-16-18-35(19-17-34)23-12-13-24(32-40(36,37)26-10-2-6-21-8-4-14-30-28(21)26)25(20-23)33-41(38,39)27-11-3-7-22-9-5-15-31-29(22)27/h2-15,20,32-33H,16-19H2,1H3. The molecule has 0 atom stereocenters. The lowest BCUT2D eigenvalue weighted by Gasteiger charge is -2.34. The molecule has 210 valence electrons. The normalized spacial score (nSPS) is 14.8. The van der Waals surface area contributed by atoms with Gasteiger partial charge in [0.2, 0.25) is 0 Å². The van der Waals surface area contributed by atoms with Gasteiger partial charge in [0.25, 0.3) is 20.0 Å². The molecule has 0 aliphatic carbocycles. The molecule has 10 nitrogen and oxygen atoms in total. The van der Waals surface area contributed by atoms with Crippen LogP contribution in [0.2, 0.25) is 0 Å². The van der Waals surface area contributed by atoms with Crippen molar-refractivity contribution in [2.24, 2.45) is 0 Å². The number of hydrogen-bond acceptors (Lipinski definition) is 8. The van der Waals surface area contributed by atoms with Crippen LogP contribution in [0.5, 0.6) is 0 Å². The molecular formula is C29H28N6O4S2. The lowest BCUT2D eigenvalue weighted by molar-refractivity contribution is 0.313. The van der Waals surface area contributed by atoms with E-state index in [2.05, 4.69) is 36.3 Å². The van der Waals surface area contributed by atoms with Crippen molar-refractivity contribution >= 4 is 58.9 Å². The molecular weight excluding hydrogens is 560 g/mol. The SMILES string of the molecule is CN1CCN(c2ccc(NS(=O)(=O)c3cccc4cccnc34)c(NS(=O)(=O)c3cccc4cccnc34)c2)CC1. The van der Waals surface area contributed by atoms with Crippen LogP contribution < -0.4 is 14.3 Å². The molecule has 0 spiro atoms. The molecule has 41 heavy (non-hydrogen) atoms. The number of sulfonamides is 2. The first-order valence-electron chi connectivity index (χ1n) is 13.0. The van der Waals surface area contributed by atoms with E-state index in [9.17, 15) is 16.8 Å². The monoisotopic (exact) mass is 588 g/mol. The number of rotatable bonds is 7. The second kappa shape index (κ2) is 10.6. The van der Waals surface area contributed by atoms with Crippen molar-refractivity contribution in [3.8, 4) is 0 Å². The highest BCUT2D eigenvalue weighted by Crippen LogP contribution is 2.34. The molecule has 5 aromatic rings. The molecule has 1 aliphatic heterocycles. The minimum Gasteiger partial charge on any atom is -0.369 e. The number of fused-ring (bicyclic) bond motifs is 2. The minimum atomic E-state index is -4.16. The van der Waals surface area contributed by atoms with Gasteiger partial charge in [-0.15, -0.1) is 0 Å². The van der Waals surface area contributed by atoms with E-state index in [-0.39, 0.29) is 21.2 Å². The van der Waals surface area contributed by atoms with Gasteiger partial charge < -0.3 is 9.80 Å². The lowest BCUT2D eigenvalue weighted by Crippen LogP contribution is -2.44. The highest BCUT2D eigenvalue weighted by atomic mass is 32.2. The van der Waals surface area contributed by atoms with Crippen LogP contribution in [0.3, 0.4) is 0 Å². The molecule has 1 aliphatic rings. The topological polar surface area (TPSA) is 125 Å². The van der Waals surface area contributed by atoms with Gasteiger partial charge in [0, 0.05) is 55.0 Å². The molecule has 0 saturated carbocycles. The van der Waals surface area contributed by atoms with Crippen LogP contribution in [0.1, 0.15) is 0 Å². The molecule has 0 amide bonds. The van der Waals surface area contributed by atoms with Crippen molar-refractivity contribution in [3.05, 3.63) is 91.3 Å². The number of pyridine rings is 2. The predicted molar refractivity (Wildman–Crippen MR) is 161 cm³/mol. The summed E-state index contributed by atoms with van der Waals surface area (Å²) < 4.78 is 60.0. The third-order valence-electron chi connectivity index (χ3n) is 7.13. The van der Waals surface area contributed by atoms with Crippen molar-refractivity contribution in [3.63, 3.8) is 0 Å². The molecule has 3 aromatic carbocycles. The summed E-state index contributed by atoms with van der Waals surface area (Å²) in [5.41, 5.74) is 1.61. The first-order valence-corrected chi connectivity index (χ1v) is 16.0. The smallest absolute Gasteiger partial charge is 0.264 e. The van der Waals surface area contributed by atoms with Crippen LogP contribution in [0.25, 0.3) is 21.8 Å². The molecule has 6 rings (SSSR count). The molecule has 2 aromatic heterocycles. The molecule has 12 heteroatoms. The second-order valence-electron chi connectivity index (χ2n) is 9.89. The highest BCUT2D eigenvalue weighted by Gasteiger charge is 2.25. The fourth-order valence-electron chi connectivity index (χ4n) is 4.95. The second-order valence-corrected chi connectivity index (χ2v) is 13.2. The number of anilines is 3. The number of piperazine rings is 1. The predicted octanol–water partition coefficient (Wildman–Crippen LogP) is 4.14. The number of likely N-dealkylation sites (N-methyl/N-ethyl adjacent to an activating group) is 1. The molecule has 0 bridgehead atoms. The summed E-state index contributed by atoms with van der Waals surface area (Å²) in [6.45, 7) is 3.21. The Bertz CT molecular complexity index is 1960. The maximum Gasteiger partial charge on any atom is 0.264 e.